The molecule has 0 radical (unpaired) electrons. The molecule has 0 spiro atoms. The second-order valence-electron chi connectivity index (χ2n) is 6.45. The van der Waals surface area contributed by atoms with Crippen molar-refractivity contribution >= 4 is 44.9 Å². The van der Waals surface area contributed by atoms with Crippen LogP contribution in [-0.2, 0) is 0 Å². The maximum Gasteiger partial charge on any atom is 0.174 e. The number of rotatable bonds is 1. The largest absolute Gasteiger partial charge is 0.293 e. The van der Waals surface area contributed by atoms with E-state index < -0.39 is 0 Å². The van der Waals surface area contributed by atoms with Gasteiger partial charge >= 0.3 is 0 Å². The number of hydrogen-bond donors (Lipinski definition) is 0. The van der Waals surface area contributed by atoms with Crippen LogP contribution in [0.2, 0.25) is 0 Å². The molecule has 0 aromatic heterocycles. The Kier molecular flexibility index (Phi) is 3.84. The van der Waals surface area contributed by atoms with Gasteiger partial charge in [-0.05, 0) is 29.8 Å². The van der Waals surface area contributed by atoms with E-state index in [0.717, 1.165) is 37.5 Å². The zero-order valence-corrected chi connectivity index (χ0v) is 16.1. The Morgan fingerprint density at radius 3 is 2.50 bits per heavy atom. The Balaban J connectivity index is 1.76. The molecular weight excluding hydrogens is 406 g/mol. The van der Waals surface area contributed by atoms with Crippen LogP contribution in [0.15, 0.2) is 87.2 Å². The lowest BCUT2D eigenvalue weighted by atomic mass is 9.93. The molecule has 2 atom stereocenters. The summed E-state index contributed by atoms with van der Waals surface area (Å²) in [6, 6.07) is 24.2. The first-order valence-corrected chi connectivity index (χ1v) is 10.1. The van der Waals surface area contributed by atoms with Crippen LogP contribution in [0.5, 0.6) is 0 Å². The van der Waals surface area contributed by atoms with Crippen molar-refractivity contribution in [3.63, 3.8) is 0 Å². The number of carbonyl (C=O) groups excluding carboxylic acids is 1. The van der Waals surface area contributed by atoms with Gasteiger partial charge in [0.2, 0.25) is 0 Å². The fourth-order valence-corrected chi connectivity index (χ4v) is 5.47. The molecule has 0 saturated heterocycles. The summed E-state index contributed by atoms with van der Waals surface area (Å²) in [6.07, 6.45) is 0. The van der Waals surface area contributed by atoms with Gasteiger partial charge in [0, 0.05) is 20.5 Å². The summed E-state index contributed by atoms with van der Waals surface area (Å²) < 4.78 is 1.02. The summed E-state index contributed by atoms with van der Waals surface area (Å²) in [5.41, 5.74) is 4.74. The number of carbonyl (C=O) groups is 1. The Morgan fingerprint density at radius 2 is 1.65 bits per heavy atom. The predicted molar refractivity (Wildman–Crippen MR) is 110 cm³/mol. The fourth-order valence-electron chi connectivity index (χ4n) is 3.72. The highest BCUT2D eigenvalue weighted by Gasteiger charge is 2.44. The molecular formula is C22H14BrNOS. The van der Waals surface area contributed by atoms with Crippen molar-refractivity contribution in [2.45, 2.75) is 10.1 Å². The van der Waals surface area contributed by atoms with Crippen molar-refractivity contribution < 1.29 is 4.79 Å². The zero-order valence-electron chi connectivity index (χ0n) is 13.7. The predicted octanol–water partition coefficient (Wildman–Crippen LogP) is 6.23. The van der Waals surface area contributed by atoms with Gasteiger partial charge in [-0.25, -0.2) is 0 Å². The molecule has 0 N–H and O–H groups in total. The maximum atomic E-state index is 13.3. The van der Waals surface area contributed by atoms with Gasteiger partial charge in [-0.1, -0.05) is 64.5 Å². The van der Waals surface area contributed by atoms with Crippen molar-refractivity contribution in [2.75, 3.05) is 0 Å². The summed E-state index contributed by atoms with van der Waals surface area (Å²) >= 11 is 5.31. The van der Waals surface area contributed by atoms with E-state index in [1.807, 2.05) is 54.6 Å². The van der Waals surface area contributed by atoms with Crippen LogP contribution in [0.4, 0.5) is 5.69 Å². The summed E-state index contributed by atoms with van der Waals surface area (Å²) in [6.45, 7) is 0. The average Bonchev–Trinajstić information content (AvgIpc) is 2.83. The SMILES string of the molecule is O=C1c2ccccc2C2=Nc3ccccc3S[C@H](c3cccc(Br)c3)[C@@H]12. The zero-order chi connectivity index (χ0) is 17.7. The molecule has 3 aromatic rings. The molecule has 0 bridgehead atoms. The van der Waals surface area contributed by atoms with Crippen LogP contribution < -0.4 is 0 Å². The summed E-state index contributed by atoms with van der Waals surface area (Å²) in [5, 5.41) is -0.00481. The first kappa shape index (κ1) is 16.0. The van der Waals surface area contributed by atoms with Crippen LogP contribution in [0.1, 0.15) is 26.7 Å². The quantitative estimate of drug-likeness (QED) is 0.467. The lowest BCUT2D eigenvalue weighted by Gasteiger charge is -2.21. The fraction of sp³-hybridized carbons (Fsp3) is 0.0909. The minimum absolute atomic E-state index is 0.00481. The first-order valence-electron chi connectivity index (χ1n) is 8.46. The smallest absolute Gasteiger partial charge is 0.174 e. The van der Waals surface area contributed by atoms with E-state index in [1.54, 1.807) is 11.8 Å². The van der Waals surface area contributed by atoms with E-state index in [-0.39, 0.29) is 17.0 Å². The highest BCUT2D eigenvalue weighted by atomic mass is 79.9. The standard InChI is InChI=1S/C22H14BrNOS/c23-14-7-5-6-13(12-14)22-19-20(15-8-1-2-9-16(15)21(19)25)24-17-10-3-4-11-18(17)26-22/h1-12,19,22H/t19-,22-/m1/s1. The van der Waals surface area contributed by atoms with E-state index >= 15 is 0 Å². The van der Waals surface area contributed by atoms with E-state index in [1.165, 1.54) is 0 Å². The number of Topliss-reactive ketones (excluding diaryl/α,β-unsaturated/α-hetero) is 1. The molecule has 4 heteroatoms. The van der Waals surface area contributed by atoms with E-state index in [9.17, 15) is 4.79 Å². The van der Waals surface area contributed by atoms with Gasteiger partial charge < -0.3 is 0 Å². The monoisotopic (exact) mass is 419 g/mol. The third kappa shape index (κ3) is 2.48. The number of fused-ring (bicyclic) bond motifs is 4. The Bertz CT molecular complexity index is 1070. The number of ketones is 1. The molecule has 5 rings (SSSR count). The van der Waals surface area contributed by atoms with E-state index in [0.29, 0.717) is 0 Å². The van der Waals surface area contributed by atoms with Gasteiger partial charge in [-0.15, -0.1) is 11.8 Å². The van der Waals surface area contributed by atoms with Crippen LogP contribution in [-0.4, -0.2) is 11.5 Å². The molecule has 26 heavy (non-hydrogen) atoms. The lowest BCUT2D eigenvalue weighted by molar-refractivity contribution is 0.0960. The summed E-state index contributed by atoms with van der Waals surface area (Å²) in [4.78, 5) is 19.4. The minimum Gasteiger partial charge on any atom is -0.293 e. The Labute approximate surface area is 164 Å². The van der Waals surface area contributed by atoms with Crippen LogP contribution in [0.25, 0.3) is 0 Å². The number of nitrogens with zero attached hydrogens (tertiary/aromatic N) is 1. The maximum absolute atomic E-state index is 13.3. The number of thioether (sulfide) groups is 1. The first-order chi connectivity index (χ1) is 12.7. The molecule has 2 nitrogen and oxygen atoms in total. The normalized spacial score (nSPS) is 20.7. The molecule has 1 aliphatic carbocycles. The van der Waals surface area contributed by atoms with Crippen LogP contribution in [0, 0.1) is 5.92 Å². The van der Waals surface area contributed by atoms with Gasteiger partial charge in [0.15, 0.2) is 5.78 Å². The molecule has 2 aliphatic rings. The van der Waals surface area contributed by atoms with Crippen molar-refractivity contribution in [3.05, 3.63) is 94.0 Å². The molecule has 0 unspecified atom stereocenters. The molecule has 0 saturated carbocycles. The second kappa shape index (κ2) is 6.22. The van der Waals surface area contributed by atoms with Crippen LogP contribution in [0.3, 0.4) is 0 Å². The van der Waals surface area contributed by atoms with Gasteiger partial charge in [0.05, 0.1) is 22.6 Å². The van der Waals surface area contributed by atoms with Crippen molar-refractivity contribution in [2.24, 2.45) is 10.9 Å². The molecule has 0 fully saturated rings. The van der Waals surface area contributed by atoms with Crippen molar-refractivity contribution in [1.29, 1.82) is 0 Å². The Morgan fingerprint density at radius 1 is 0.885 bits per heavy atom. The van der Waals surface area contributed by atoms with Gasteiger partial charge in [0.1, 0.15) is 0 Å². The second-order valence-corrected chi connectivity index (χ2v) is 8.54. The van der Waals surface area contributed by atoms with Crippen LogP contribution >= 0.6 is 27.7 Å². The molecule has 126 valence electrons. The van der Waals surface area contributed by atoms with E-state index in [2.05, 4.69) is 34.1 Å². The number of halogens is 1. The van der Waals surface area contributed by atoms with Gasteiger partial charge in [-0.3, -0.25) is 9.79 Å². The topological polar surface area (TPSA) is 29.4 Å². The number of benzene rings is 3. The summed E-state index contributed by atoms with van der Waals surface area (Å²) in [7, 11) is 0. The number of hydrogen-bond acceptors (Lipinski definition) is 3. The number of aliphatic imine (C=N–C) groups is 1. The molecule has 3 aromatic carbocycles. The molecule has 1 heterocycles. The highest BCUT2D eigenvalue weighted by molar-refractivity contribution is 9.10. The minimum atomic E-state index is -0.265. The lowest BCUT2D eigenvalue weighted by Crippen LogP contribution is -2.21. The summed E-state index contributed by atoms with van der Waals surface area (Å²) in [5.74, 6) is -0.0938. The average molecular weight is 420 g/mol. The molecule has 0 amide bonds. The van der Waals surface area contributed by atoms with Crippen molar-refractivity contribution in [1.82, 2.24) is 0 Å². The number of para-hydroxylation sites is 1. The third-order valence-corrected chi connectivity index (χ3v) is 6.78. The van der Waals surface area contributed by atoms with Gasteiger partial charge in [0.25, 0.3) is 0 Å². The third-order valence-electron chi connectivity index (χ3n) is 4.89. The van der Waals surface area contributed by atoms with Gasteiger partial charge in [-0.2, -0.15) is 0 Å². The highest BCUT2D eigenvalue weighted by Crippen LogP contribution is 2.51. The van der Waals surface area contributed by atoms with E-state index in [4.69, 9.17) is 4.99 Å². The Hall–Kier alpha value is -2.17. The molecule has 1 aliphatic heterocycles. The van der Waals surface area contributed by atoms with Crippen molar-refractivity contribution in [3.8, 4) is 0 Å².